The van der Waals surface area contributed by atoms with Crippen LogP contribution in [0.5, 0.6) is 0 Å². The van der Waals surface area contributed by atoms with Gasteiger partial charge in [0.1, 0.15) is 0 Å². The second-order valence-corrected chi connectivity index (χ2v) is 7.08. The number of thioether (sulfide) groups is 1. The molecule has 0 saturated heterocycles. The monoisotopic (exact) mass is 321 g/mol. The zero-order valence-electron chi connectivity index (χ0n) is 12.4. The number of hydrogen-bond acceptors (Lipinski definition) is 5. The molecule has 1 atom stereocenters. The van der Waals surface area contributed by atoms with Crippen LogP contribution in [0.1, 0.15) is 24.2 Å². The van der Waals surface area contributed by atoms with E-state index in [1.165, 1.54) is 23.1 Å². The van der Waals surface area contributed by atoms with Gasteiger partial charge in [-0.15, -0.1) is 11.8 Å². The summed E-state index contributed by atoms with van der Waals surface area (Å²) in [6.45, 7) is 3.95. The van der Waals surface area contributed by atoms with Gasteiger partial charge in [-0.05, 0) is 19.4 Å². The Hall–Kier alpha value is -1.53. The van der Waals surface area contributed by atoms with Gasteiger partial charge in [0.2, 0.25) is 5.91 Å². The third-order valence-corrected chi connectivity index (χ3v) is 5.69. The molecular formula is C15H19N3OS2. The summed E-state index contributed by atoms with van der Waals surface area (Å²) in [4.78, 5) is 18.3. The third kappa shape index (κ3) is 3.98. The van der Waals surface area contributed by atoms with E-state index >= 15 is 0 Å². The smallest absolute Gasteiger partial charge is 0.233 e. The first kappa shape index (κ1) is 15.9. The van der Waals surface area contributed by atoms with Crippen LogP contribution < -0.4 is 5.73 Å². The van der Waals surface area contributed by atoms with Crippen molar-refractivity contribution < 1.29 is 4.79 Å². The average molecular weight is 321 g/mol. The van der Waals surface area contributed by atoms with Gasteiger partial charge in [-0.1, -0.05) is 41.7 Å². The quantitative estimate of drug-likeness (QED) is 0.858. The fourth-order valence-electron chi connectivity index (χ4n) is 1.94. The van der Waals surface area contributed by atoms with E-state index < -0.39 is 0 Å². The minimum atomic E-state index is 0.0620. The van der Waals surface area contributed by atoms with Gasteiger partial charge >= 0.3 is 0 Å². The number of rotatable bonds is 5. The molecule has 0 aliphatic rings. The van der Waals surface area contributed by atoms with Gasteiger partial charge < -0.3 is 10.6 Å². The predicted molar refractivity (Wildman–Crippen MR) is 89.6 cm³/mol. The fourth-order valence-corrected chi connectivity index (χ4v) is 3.88. The molecule has 0 aliphatic heterocycles. The Morgan fingerprint density at radius 2 is 2.10 bits per heavy atom. The van der Waals surface area contributed by atoms with Crippen LogP contribution in [-0.4, -0.2) is 28.6 Å². The van der Waals surface area contributed by atoms with Gasteiger partial charge in [0.25, 0.3) is 0 Å². The molecular weight excluding hydrogens is 302 g/mol. The van der Waals surface area contributed by atoms with E-state index in [4.69, 9.17) is 5.73 Å². The molecule has 1 aromatic carbocycles. The van der Waals surface area contributed by atoms with Gasteiger partial charge in [0.15, 0.2) is 5.13 Å². The maximum absolute atomic E-state index is 12.3. The van der Waals surface area contributed by atoms with Gasteiger partial charge in [0.05, 0.1) is 21.7 Å². The lowest BCUT2D eigenvalue weighted by Gasteiger charge is -2.25. The van der Waals surface area contributed by atoms with Crippen molar-refractivity contribution in [2.45, 2.75) is 24.1 Å². The number of hydrogen-bond donors (Lipinski definition) is 1. The summed E-state index contributed by atoms with van der Waals surface area (Å²) < 4.78 is 1.02. The van der Waals surface area contributed by atoms with E-state index in [1.807, 2.05) is 51.2 Å². The van der Waals surface area contributed by atoms with E-state index in [0.717, 1.165) is 15.5 Å². The lowest BCUT2D eigenvalue weighted by atomic mass is 10.1. The number of nitrogen functional groups attached to an aromatic ring is 1. The summed E-state index contributed by atoms with van der Waals surface area (Å²) in [6, 6.07) is 10.1. The molecule has 0 aliphatic carbocycles. The van der Waals surface area contributed by atoms with E-state index in [9.17, 15) is 4.79 Å². The molecule has 0 spiro atoms. The summed E-state index contributed by atoms with van der Waals surface area (Å²) in [5.41, 5.74) is 7.70. The van der Waals surface area contributed by atoms with E-state index in [-0.39, 0.29) is 11.9 Å². The molecule has 0 fully saturated rings. The number of carbonyl (C=O) groups excluding carboxylic acids is 1. The number of aromatic nitrogens is 1. The second-order valence-electron chi connectivity index (χ2n) is 4.80. The zero-order chi connectivity index (χ0) is 15.4. The molecule has 0 bridgehead atoms. The molecule has 0 saturated carbocycles. The standard InChI is InChI=1S/C15H19N3OS2/c1-10-14(21-15(16)17-10)20-9-13(19)18(3)11(2)12-7-5-4-6-8-12/h4-8,11H,9H2,1-3H3,(H2,16,17). The number of benzene rings is 1. The van der Waals surface area contributed by atoms with Crippen LogP contribution in [0, 0.1) is 6.92 Å². The van der Waals surface area contributed by atoms with Crippen LogP contribution in [0.25, 0.3) is 0 Å². The third-order valence-electron chi connectivity index (χ3n) is 3.35. The van der Waals surface area contributed by atoms with Crippen LogP contribution in [0.4, 0.5) is 5.13 Å². The summed E-state index contributed by atoms with van der Waals surface area (Å²) in [5, 5.41) is 0.549. The van der Waals surface area contributed by atoms with Crippen LogP contribution in [-0.2, 0) is 4.79 Å². The molecule has 112 valence electrons. The lowest BCUT2D eigenvalue weighted by molar-refractivity contribution is -0.128. The summed E-state index contributed by atoms with van der Waals surface area (Å²) in [7, 11) is 1.84. The van der Waals surface area contributed by atoms with Crippen molar-refractivity contribution in [2.75, 3.05) is 18.5 Å². The van der Waals surface area contributed by atoms with Crippen molar-refractivity contribution in [1.29, 1.82) is 0 Å². The Balaban J connectivity index is 1.95. The Labute approximate surface area is 133 Å². The number of nitrogens with zero attached hydrogens (tertiary/aromatic N) is 2. The van der Waals surface area contributed by atoms with Crippen LogP contribution in [0.2, 0.25) is 0 Å². The molecule has 1 aromatic heterocycles. The highest BCUT2D eigenvalue weighted by molar-refractivity contribution is 8.01. The molecule has 21 heavy (non-hydrogen) atoms. The minimum absolute atomic E-state index is 0.0620. The van der Waals surface area contributed by atoms with E-state index in [1.54, 1.807) is 4.90 Å². The topological polar surface area (TPSA) is 59.2 Å². The SMILES string of the molecule is Cc1nc(N)sc1SCC(=O)N(C)C(C)c1ccccc1. The van der Waals surface area contributed by atoms with Crippen molar-refractivity contribution >= 4 is 34.1 Å². The number of carbonyl (C=O) groups is 1. The van der Waals surface area contributed by atoms with Gasteiger partial charge in [-0.25, -0.2) is 4.98 Å². The van der Waals surface area contributed by atoms with E-state index in [2.05, 4.69) is 4.98 Å². The molecule has 6 heteroatoms. The Morgan fingerprint density at radius 3 is 2.67 bits per heavy atom. The summed E-state index contributed by atoms with van der Waals surface area (Å²) >= 11 is 2.93. The highest BCUT2D eigenvalue weighted by atomic mass is 32.2. The molecule has 1 amide bonds. The molecule has 2 N–H and O–H groups in total. The molecule has 1 heterocycles. The highest BCUT2D eigenvalue weighted by Gasteiger charge is 2.18. The molecule has 2 rings (SSSR count). The van der Waals surface area contributed by atoms with Crippen molar-refractivity contribution in [2.24, 2.45) is 0 Å². The Bertz CT molecular complexity index is 613. The zero-order valence-corrected chi connectivity index (χ0v) is 14.0. The number of anilines is 1. The first-order chi connectivity index (χ1) is 9.99. The second kappa shape index (κ2) is 6.95. The van der Waals surface area contributed by atoms with Crippen molar-refractivity contribution in [1.82, 2.24) is 9.88 Å². The van der Waals surface area contributed by atoms with Crippen LogP contribution >= 0.6 is 23.1 Å². The normalized spacial score (nSPS) is 12.1. The van der Waals surface area contributed by atoms with Crippen molar-refractivity contribution in [3.63, 3.8) is 0 Å². The van der Waals surface area contributed by atoms with Crippen LogP contribution in [0.3, 0.4) is 0 Å². The van der Waals surface area contributed by atoms with Gasteiger partial charge in [0, 0.05) is 7.05 Å². The fraction of sp³-hybridized carbons (Fsp3) is 0.333. The largest absolute Gasteiger partial charge is 0.375 e. The maximum atomic E-state index is 12.3. The molecule has 1 unspecified atom stereocenters. The van der Waals surface area contributed by atoms with Gasteiger partial charge in [-0.2, -0.15) is 0 Å². The first-order valence-electron chi connectivity index (χ1n) is 6.65. The van der Waals surface area contributed by atoms with Crippen LogP contribution in [0.15, 0.2) is 34.5 Å². The predicted octanol–water partition coefficient (Wildman–Crippen LogP) is 3.35. The molecule has 2 aromatic rings. The molecule has 0 radical (unpaired) electrons. The molecule has 4 nitrogen and oxygen atoms in total. The van der Waals surface area contributed by atoms with Gasteiger partial charge in [-0.3, -0.25) is 4.79 Å². The highest BCUT2D eigenvalue weighted by Crippen LogP contribution is 2.31. The summed E-state index contributed by atoms with van der Waals surface area (Å²) in [5.74, 6) is 0.499. The number of nitrogens with two attached hydrogens (primary N) is 1. The number of thiazole rings is 1. The van der Waals surface area contributed by atoms with Crippen molar-refractivity contribution in [3.8, 4) is 0 Å². The Morgan fingerprint density at radius 1 is 1.43 bits per heavy atom. The maximum Gasteiger partial charge on any atom is 0.233 e. The summed E-state index contributed by atoms with van der Waals surface area (Å²) in [6.07, 6.45) is 0. The number of amides is 1. The van der Waals surface area contributed by atoms with E-state index in [0.29, 0.717) is 10.9 Å². The first-order valence-corrected chi connectivity index (χ1v) is 8.45. The number of aryl methyl sites for hydroxylation is 1. The minimum Gasteiger partial charge on any atom is -0.375 e. The Kier molecular flexibility index (Phi) is 5.25. The van der Waals surface area contributed by atoms with Crippen molar-refractivity contribution in [3.05, 3.63) is 41.6 Å². The lowest BCUT2D eigenvalue weighted by Crippen LogP contribution is -2.31. The average Bonchev–Trinajstić information content (AvgIpc) is 2.82.